The van der Waals surface area contributed by atoms with Crippen LogP contribution in [0.15, 0.2) is 332 Å². The maximum Gasteiger partial charge on any atom is 0.337 e. The SMILES string of the molecule is Br.COC(=O)c1ccc(CBr)cc1.COC(=O)c1ccc(C[P+](c2ccccc2)(c2ccccc2)c2cccc(OCC[18F])c2)cc1.Cc1ccc(S(=O)(=O)OCCOc2cccc(P(c3ccccc3)c3ccccc3)c2)cc1.[18F]CCOc1cccc(P(c2ccccc2)c2ccccc2)c1. The highest BCUT2D eigenvalue weighted by Gasteiger charge is 2.46. The molecule has 0 unspecified atom stereocenters. The van der Waals surface area contributed by atoms with Crippen molar-refractivity contribution in [2.75, 3.05) is 54.0 Å². The molecule has 0 spiro atoms. The zero-order valence-electron chi connectivity index (χ0n) is 57.2. The minimum atomic E-state index is -3.80. The fourth-order valence-corrected chi connectivity index (χ4v) is 21.1. The Labute approximate surface area is 625 Å². The van der Waals surface area contributed by atoms with Gasteiger partial charge in [0.05, 0.1) is 36.4 Å². The standard InChI is InChI=1S/C29H27FO3P.C27H25O4PS.C20H18FOP.C9H9BrO2.BrH/c1-32-29(31)24-17-15-23(16-18-24)22-34(26-10-4-2-5-11-26,27-12-6-3-7-13-27)28-14-8-9-25(21-28)33-20-19-30;1-22-15-17-27(18-16-22)33(28,29)31-20-19-30-23-9-8-14-26(21-23)32(24-10-4-2-5-11-24)25-12-6-3-7-13-25;21-14-15-22-17-8-7-13-20(16-17)23(18-9-3-1-4-10-18)19-11-5-2-6-12-19;1-12-9(11)8-4-2-7(6-10)3-5-8;/h2-18,21H,19-20,22H2,1H3;2-18,21H,19-20H2,1H3;1-13,16H,14-15H2;2-5H,6H2,1H3;1H/q+1;;;;/i30-1;;21-1;;. The number of ether oxygens (including phenoxy) is 5. The lowest BCUT2D eigenvalue weighted by molar-refractivity contribution is 0.0592. The molecule has 18 heteroatoms. The Bertz CT molecular complexity index is 4490. The molecule has 0 amide bonds. The van der Waals surface area contributed by atoms with E-state index in [1.165, 1.54) is 51.4 Å². The number of carbonyl (C=O) groups is 2. The zero-order chi connectivity index (χ0) is 71.8. The van der Waals surface area contributed by atoms with Gasteiger partial charge in [-0.25, -0.2) is 18.4 Å². The number of hydrogen-bond acceptors (Lipinski definition) is 10. The molecule has 0 aliphatic heterocycles. The molecule has 0 heterocycles. The van der Waals surface area contributed by atoms with E-state index in [1.807, 2.05) is 134 Å². The van der Waals surface area contributed by atoms with E-state index in [9.17, 15) is 26.8 Å². The van der Waals surface area contributed by atoms with Gasteiger partial charge in [-0.3, -0.25) is 4.18 Å². The number of halogens is 4. The number of benzene rings is 12. The third-order valence-corrected chi connectivity index (χ3v) is 27.0. The number of methoxy groups -OCH3 is 2. The first-order chi connectivity index (χ1) is 49.9. The van der Waals surface area contributed by atoms with E-state index in [0.29, 0.717) is 22.6 Å². The number of alkyl halides is 3. The van der Waals surface area contributed by atoms with Crippen molar-refractivity contribution in [3.05, 3.63) is 355 Å². The lowest BCUT2D eigenvalue weighted by atomic mass is 10.1. The topological polar surface area (TPSA) is 124 Å². The number of rotatable bonds is 26. The van der Waals surface area contributed by atoms with Crippen molar-refractivity contribution in [2.45, 2.75) is 23.3 Å². The van der Waals surface area contributed by atoms with Gasteiger partial charge < -0.3 is 23.7 Å². The second kappa shape index (κ2) is 41.9. The van der Waals surface area contributed by atoms with Crippen LogP contribution >= 0.6 is 56.0 Å². The molecular weight excluding hydrogens is 1500 g/mol. The summed E-state index contributed by atoms with van der Waals surface area (Å²) in [6.45, 7) is 1.08. The highest BCUT2D eigenvalue weighted by Crippen LogP contribution is 2.58. The maximum absolute atomic E-state index is 12.8. The van der Waals surface area contributed by atoms with Gasteiger partial charge in [-0.15, -0.1) is 17.0 Å². The normalized spacial score (nSPS) is 10.8. The Morgan fingerprint density at radius 1 is 0.388 bits per heavy atom. The van der Waals surface area contributed by atoms with Crippen LogP contribution in [0.4, 0.5) is 8.78 Å². The van der Waals surface area contributed by atoms with Crippen molar-refractivity contribution in [3.8, 4) is 17.2 Å². The van der Waals surface area contributed by atoms with Gasteiger partial charge in [-0.05, 0) is 163 Å². The summed E-state index contributed by atoms with van der Waals surface area (Å²) in [6, 6.07) is 108. The largest absolute Gasteiger partial charge is 0.491 e. The molecule has 0 saturated heterocycles. The second-order valence-electron chi connectivity index (χ2n) is 22.7. The van der Waals surface area contributed by atoms with Gasteiger partial charge in [0.2, 0.25) is 0 Å². The highest BCUT2D eigenvalue weighted by molar-refractivity contribution is 9.08. The minimum Gasteiger partial charge on any atom is -0.491 e. The van der Waals surface area contributed by atoms with Crippen LogP contribution in [-0.2, 0) is 35.3 Å². The monoisotopic (exact) mass is 1580 g/mol. The smallest absolute Gasteiger partial charge is 0.337 e. The van der Waals surface area contributed by atoms with Crippen molar-refractivity contribution in [1.29, 1.82) is 0 Å². The fourth-order valence-electron chi connectivity index (χ4n) is 10.9. The molecule has 0 aromatic heterocycles. The summed E-state index contributed by atoms with van der Waals surface area (Å²) in [5.74, 6) is 1.42. The molecule has 0 fully saturated rings. The van der Waals surface area contributed by atoms with Crippen LogP contribution in [0.1, 0.15) is 37.4 Å². The van der Waals surface area contributed by atoms with Crippen molar-refractivity contribution in [1.82, 2.24) is 0 Å². The Kier molecular flexibility index (Phi) is 32.5. The van der Waals surface area contributed by atoms with Crippen molar-refractivity contribution < 1.29 is 54.7 Å². The summed E-state index contributed by atoms with van der Waals surface area (Å²) in [5, 5.41) is 11.9. The summed E-state index contributed by atoms with van der Waals surface area (Å²) in [4.78, 5) is 23.1. The minimum absolute atomic E-state index is 0. The van der Waals surface area contributed by atoms with Crippen LogP contribution in [0.25, 0.3) is 0 Å². The lowest BCUT2D eigenvalue weighted by Gasteiger charge is -2.28. The molecule has 12 rings (SSSR count). The first kappa shape index (κ1) is 79.7. The lowest BCUT2D eigenvalue weighted by Crippen LogP contribution is -2.32. The quantitative estimate of drug-likeness (QED) is 0.0170. The van der Waals surface area contributed by atoms with Crippen molar-refractivity contribution in [3.63, 3.8) is 0 Å². The third kappa shape index (κ3) is 23.2. The average Bonchev–Trinajstić information content (AvgIpc) is 0.749. The molecule has 0 N–H and O–H groups in total. The zero-order valence-corrected chi connectivity index (χ0v) is 64.0. The summed E-state index contributed by atoms with van der Waals surface area (Å²) >= 11 is 3.32. The Balaban J connectivity index is 0.000000183. The predicted molar refractivity (Wildman–Crippen MR) is 430 cm³/mol. The van der Waals surface area contributed by atoms with Gasteiger partial charge in [0.25, 0.3) is 10.1 Å². The summed E-state index contributed by atoms with van der Waals surface area (Å²) < 4.78 is 81.3. The van der Waals surface area contributed by atoms with E-state index in [1.54, 1.807) is 36.4 Å². The number of carbonyl (C=O) groups excluding carboxylic acids is 2. The van der Waals surface area contributed by atoms with E-state index in [2.05, 4.69) is 184 Å². The molecule has 10 nitrogen and oxygen atoms in total. The van der Waals surface area contributed by atoms with Crippen LogP contribution in [0, 0.1) is 6.92 Å². The first-order valence-electron chi connectivity index (χ1n) is 32.8. The van der Waals surface area contributed by atoms with Gasteiger partial charge in [0.15, 0.2) is 0 Å². The van der Waals surface area contributed by atoms with E-state index in [4.69, 9.17) is 23.1 Å². The van der Waals surface area contributed by atoms with Crippen LogP contribution in [0.5, 0.6) is 17.2 Å². The average molecular weight is 1580 g/mol. The number of aryl methyl sites for hydroxylation is 1. The molecule has 528 valence electrons. The molecule has 0 saturated carbocycles. The molecule has 0 aliphatic carbocycles. The van der Waals surface area contributed by atoms with E-state index in [0.717, 1.165) is 44.5 Å². The predicted octanol–water partition coefficient (Wildman–Crippen LogP) is 16.6. The maximum atomic E-state index is 12.8. The van der Waals surface area contributed by atoms with Gasteiger partial charge in [0, 0.05) is 11.4 Å². The van der Waals surface area contributed by atoms with Crippen LogP contribution in [0.2, 0.25) is 0 Å². The molecule has 12 aromatic carbocycles. The van der Waals surface area contributed by atoms with Crippen LogP contribution in [0.3, 0.4) is 0 Å². The fraction of sp³-hybridized carbons (Fsp3) is 0.129. The molecule has 12 aromatic rings. The first-order valence-corrected chi connectivity index (χ1v) is 40.0. The highest BCUT2D eigenvalue weighted by atomic mass is 79.9. The van der Waals surface area contributed by atoms with Gasteiger partial charge in [-0.1, -0.05) is 246 Å². The Morgan fingerprint density at radius 3 is 1.11 bits per heavy atom. The van der Waals surface area contributed by atoms with E-state index < -0.39 is 46.6 Å². The summed E-state index contributed by atoms with van der Waals surface area (Å²) in [5.41, 5.74) is 4.35. The van der Waals surface area contributed by atoms with Crippen molar-refractivity contribution in [2.24, 2.45) is 0 Å². The molecular formula is C85H80Br2F2O10P3S+. The Morgan fingerprint density at radius 2 is 0.728 bits per heavy atom. The number of hydrogen-bond donors (Lipinski definition) is 0. The summed E-state index contributed by atoms with van der Waals surface area (Å²) in [7, 11) is -4.60. The second-order valence-corrected chi connectivity index (χ2v) is 32.8. The van der Waals surface area contributed by atoms with Crippen molar-refractivity contribution >= 4 is 126 Å². The van der Waals surface area contributed by atoms with Gasteiger partial charge in [0.1, 0.15) is 80.2 Å². The molecule has 103 heavy (non-hydrogen) atoms. The third-order valence-electron chi connectivity index (χ3n) is 15.8. The van der Waals surface area contributed by atoms with Gasteiger partial charge >= 0.3 is 11.9 Å². The molecule has 0 aliphatic rings. The van der Waals surface area contributed by atoms with Crippen LogP contribution < -0.4 is 62.0 Å². The molecule has 0 bridgehead atoms. The molecule has 0 atom stereocenters. The van der Waals surface area contributed by atoms with E-state index in [-0.39, 0.29) is 60.2 Å². The molecule has 0 radical (unpaired) electrons. The van der Waals surface area contributed by atoms with Gasteiger partial charge in [-0.2, -0.15) is 8.42 Å². The Hall–Kier alpha value is -9.00. The number of esters is 2. The van der Waals surface area contributed by atoms with E-state index >= 15 is 0 Å². The van der Waals surface area contributed by atoms with Crippen LogP contribution in [-0.4, -0.2) is 74.4 Å². The summed E-state index contributed by atoms with van der Waals surface area (Å²) in [6.07, 6.45) is 0.759.